The number of carbonyl (C=O) groups excluding carboxylic acids is 1. The van der Waals surface area contributed by atoms with Gasteiger partial charge in [-0.05, 0) is 68.3 Å². The van der Waals surface area contributed by atoms with Crippen molar-refractivity contribution in [1.29, 1.82) is 0 Å². The molecule has 0 aromatic rings. The Labute approximate surface area is 220 Å². The summed E-state index contributed by atoms with van der Waals surface area (Å²) < 4.78 is 5.77. The summed E-state index contributed by atoms with van der Waals surface area (Å²) in [4.78, 5) is 12.8. The second-order valence-corrected chi connectivity index (χ2v) is 14.6. The van der Waals surface area contributed by atoms with E-state index in [1.54, 1.807) is 6.08 Å². The lowest BCUT2D eigenvalue weighted by molar-refractivity contribution is -0.200. The van der Waals surface area contributed by atoms with Gasteiger partial charge in [0.1, 0.15) is 6.10 Å². The highest BCUT2D eigenvalue weighted by Crippen LogP contribution is 2.72. The molecule has 7 nitrogen and oxygen atoms in total. The first-order chi connectivity index (χ1) is 16.9. The molecule has 0 aromatic carbocycles. The largest absolute Gasteiger partial charge is 0.393 e. The van der Waals surface area contributed by atoms with Gasteiger partial charge in [-0.1, -0.05) is 52.3 Å². The van der Waals surface area contributed by atoms with Crippen LogP contribution in [0.4, 0.5) is 0 Å². The summed E-state index contributed by atoms with van der Waals surface area (Å²) in [7, 11) is 0. The maximum atomic E-state index is 12.8. The van der Waals surface area contributed by atoms with Crippen molar-refractivity contribution >= 4 is 5.78 Å². The van der Waals surface area contributed by atoms with Crippen LogP contribution in [0.5, 0.6) is 0 Å². The zero-order valence-corrected chi connectivity index (χ0v) is 23.3. The van der Waals surface area contributed by atoms with Crippen molar-refractivity contribution in [3.63, 3.8) is 0 Å². The number of rotatable bonds is 3. The molecule has 4 aliphatic carbocycles. The van der Waals surface area contributed by atoms with Crippen molar-refractivity contribution < 1.29 is 35.1 Å². The van der Waals surface area contributed by atoms with Gasteiger partial charge in [0.25, 0.3) is 0 Å². The first kappa shape index (κ1) is 27.5. The van der Waals surface area contributed by atoms with E-state index in [0.29, 0.717) is 25.7 Å². The molecule has 0 amide bonds. The van der Waals surface area contributed by atoms with E-state index in [2.05, 4.69) is 26.8 Å². The summed E-state index contributed by atoms with van der Waals surface area (Å²) >= 11 is 0. The van der Waals surface area contributed by atoms with Crippen LogP contribution in [0.3, 0.4) is 0 Å². The highest BCUT2D eigenvalue weighted by molar-refractivity contribution is 5.95. The van der Waals surface area contributed by atoms with Crippen molar-refractivity contribution in [2.45, 2.75) is 110 Å². The molecule has 0 unspecified atom stereocenters. The van der Waals surface area contributed by atoms with Crippen LogP contribution >= 0.6 is 0 Å². The minimum Gasteiger partial charge on any atom is -0.393 e. The van der Waals surface area contributed by atoms with Crippen LogP contribution in [0, 0.1) is 45.3 Å². The van der Waals surface area contributed by atoms with Crippen LogP contribution in [-0.2, 0) is 9.53 Å². The van der Waals surface area contributed by atoms with E-state index in [-0.39, 0.29) is 29.5 Å². The van der Waals surface area contributed by atoms with Crippen LogP contribution < -0.4 is 0 Å². The van der Waals surface area contributed by atoms with Gasteiger partial charge in [-0.25, -0.2) is 0 Å². The molecule has 1 heterocycles. The molecule has 0 radical (unpaired) electrons. The third-order valence-corrected chi connectivity index (χ3v) is 11.7. The molecular formula is C30H46O7. The van der Waals surface area contributed by atoms with E-state index in [9.17, 15) is 30.3 Å². The second-order valence-electron chi connectivity index (χ2n) is 14.6. The van der Waals surface area contributed by atoms with Crippen LogP contribution in [0.1, 0.15) is 74.1 Å². The fraction of sp³-hybridized carbons (Fsp3) is 0.833. The van der Waals surface area contributed by atoms with Crippen molar-refractivity contribution in [3.8, 4) is 0 Å². The number of hydrogen-bond donors (Lipinski definition) is 5. The minimum atomic E-state index is -1.36. The van der Waals surface area contributed by atoms with E-state index in [4.69, 9.17) is 4.74 Å². The summed E-state index contributed by atoms with van der Waals surface area (Å²) in [5.41, 5.74) is -2.46. The number of ether oxygens (including phenoxy) is 1. The number of fused-ring (bicyclic) bond motifs is 5. The zero-order chi connectivity index (χ0) is 27.5. The number of aliphatic hydroxyl groups excluding tert-OH is 4. The normalized spacial score (nSPS) is 51.8. The molecule has 37 heavy (non-hydrogen) atoms. The van der Waals surface area contributed by atoms with E-state index >= 15 is 0 Å². The van der Waals surface area contributed by atoms with Crippen LogP contribution in [0.15, 0.2) is 23.8 Å². The minimum absolute atomic E-state index is 0.0402. The summed E-state index contributed by atoms with van der Waals surface area (Å²) in [6.07, 6.45) is 3.63. The first-order valence-electron chi connectivity index (χ1n) is 13.9. The first-order valence-corrected chi connectivity index (χ1v) is 13.9. The Balaban J connectivity index is 1.50. The highest BCUT2D eigenvalue weighted by Gasteiger charge is 2.70. The Kier molecular flexibility index (Phi) is 6.10. The lowest BCUT2D eigenvalue weighted by Gasteiger charge is -2.67. The monoisotopic (exact) mass is 518 g/mol. The molecule has 3 fully saturated rings. The van der Waals surface area contributed by atoms with Gasteiger partial charge < -0.3 is 30.3 Å². The van der Waals surface area contributed by atoms with Gasteiger partial charge in [-0.2, -0.15) is 0 Å². The maximum absolute atomic E-state index is 12.8. The van der Waals surface area contributed by atoms with E-state index in [1.165, 1.54) is 13.8 Å². The SMILES string of the molecule is CC(C)(O)[C@@H](O)[C@H]1C[C@H]([C@H]2CC=C3[C@]4(C)[C@H](O)C[C@H]5C(C)(C)C(=O)C=C[C@]5(C)[C@H]4[C@H](O)C[C@@]32C)[C@H](O)O1. The van der Waals surface area contributed by atoms with Crippen molar-refractivity contribution in [2.24, 2.45) is 45.3 Å². The Morgan fingerprint density at radius 1 is 1.08 bits per heavy atom. The van der Waals surface area contributed by atoms with Gasteiger partial charge in [0, 0.05) is 22.7 Å². The van der Waals surface area contributed by atoms with Gasteiger partial charge in [0.05, 0.1) is 23.9 Å². The fourth-order valence-electron chi connectivity index (χ4n) is 9.86. The number of allylic oxidation sites excluding steroid dienone is 3. The summed E-state index contributed by atoms with van der Waals surface area (Å²) in [5, 5.41) is 55.6. The van der Waals surface area contributed by atoms with Crippen LogP contribution in [0.25, 0.3) is 0 Å². The molecule has 12 atom stereocenters. The molecule has 5 aliphatic rings. The molecule has 7 heteroatoms. The smallest absolute Gasteiger partial charge is 0.161 e. The predicted molar refractivity (Wildman–Crippen MR) is 138 cm³/mol. The molecule has 0 spiro atoms. The Hall–Kier alpha value is -1.09. The molecule has 0 bridgehead atoms. The molecule has 2 saturated carbocycles. The number of carbonyl (C=O) groups is 1. The number of aliphatic hydroxyl groups is 5. The average Bonchev–Trinajstić information content (AvgIpc) is 3.31. The molecule has 0 aromatic heterocycles. The Bertz CT molecular complexity index is 1030. The Morgan fingerprint density at radius 3 is 2.35 bits per heavy atom. The molecular weight excluding hydrogens is 472 g/mol. The molecule has 5 N–H and O–H groups in total. The van der Waals surface area contributed by atoms with Crippen molar-refractivity contribution in [2.75, 3.05) is 0 Å². The van der Waals surface area contributed by atoms with E-state index in [1.807, 2.05) is 19.9 Å². The summed E-state index contributed by atoms with van der Waals surface area (Å²) in [6, 6.07) is 0. The molecule has 5 rings (SSSR count). The maximum Gasteiger partial charge on any atom is 0.161 e. The summed E-state index contributed by atoms with van der Waals surface area (Å²) in [5.74, 6) is -0.592. The fourth-order valence-corrected chi connectivity index (χ4v) is 9.86. The van der Waals surface area contributed by atoms with Crippen molar-refractivity contribution in [1.82, 2.24) is 0 Å². The third-order valence-electron chi connectivity index (χ3n) is 11.7. The number of ketones is 1. The van der Waals surface area contributed by atoms with Crippen LogP contribution in [0.2, 0.25) is 0 Å². The standard InChI is InChI=1S/C30H46O7/c1-26(2)20-13-22(33)30(7)19-9-8-16(15-12-18(37-25(15)35)24(34)27(3,4)36)29(19,6)14-17(31)23(30)28(20,5)11-10-21(26)32/h9-11,15-18,20,22-25,31,33-36H,8,12-14H2,1-7H3/t15-,16-,17-,18-,20+,22-,23-,24+,25-,28+,29-,30-/m1/s1. The topological polar surface area (TPSA) is 127 Å². The third kappa shape index (κ3) is 3.57. The Morgan fingerprint density at radius 2 is 1.73 bits per heavy atom. The van der Waals surface area contributed by atoms with Gasteiger partial charge in [0.2, 0.25) is 0 Å². The van der Waals surface area contributed by atoms with Crippen LogP contribution in [-0.4, -0.2) is 67.6 Å². The van der Waals surface area contributed by atoms with E-state index in [0.717, 1.165) is 5.57 Å². The van der Waals surface area contributed by atoms with Crippen molar-refractivity contribution in [3.05, 3.63) is 23.8 Å². The lowest BCUT2D eigenvalue weighted by atomic mass is 9.37. The van der Waals surface area contributed by atoms with Gasteiger partial charge in [-0.3, -0.25) is 4.79 Å². The number of hydrogen-bond acceptors (Lipinski definition) is 7. The molecule has 208 valence electrons. The second kappa shape index (κ2) is 8.21. The lowest BCUT2D eigenvalue weighted by Crippen LogP contribution is -2.67. The highest BCUT2D eigenvalue weighted by atomic mass is 16.6. The quantitative estimate of drug-likeness (QED) is 0.364. The van der Waals surface area contributed by atoms with Gasteiger partial charge >= 0.3 is 0 Å². The summed E-state index contributed by atoms with van der Waals surface area (Å²) in [6.45, 7) is 13.3. The van der Waals surface area contributed by atoms with Gasteiger partial charge in [0.15, 0.2) is 12.1 Å². The van der Waals surface area contributed by atoms with E-state index < -0.39 is 58.0 Å². The van der Waals surface area contributed by atoms with Gasteiger partial charge in [-0.15, -0.1) is 0 Å². The average molecular weight is 519 g/mol. The molecule has 1 aliphatic heterocycles. The molecule has 1 saturated heterocycles. The predicted octanol–water partition coefficient (Wildman–Crippen LogP) is 2.73. The zero-order valence-electron chi connectivity index (χ0n) is 23.3.